The number of anilines is 2. The van der Waals surface area contributed by atoms with E-state index in [1.165, 1.54) is 17.8 Å². The molecule has 0 amide bonds. The number of aliphatic hydroxyl groups is 2. The van der Waals surface area contributed by atoms with Crippen LogP contribution in [0, 0.1) is 11.8 Å². The highest BCUT2D eigenvalue weighted by Gasteiger charge is 2.54. The molecule has 0 saturated carbocycles. The molecule has 1 unspecified atom stereocenters. The van der Waals surface area contributed by atoms with Gasteiger partial charge >= 0.3 is 19.6 Å². The van der Waals surface area contributed by atoms with Crippen molar-refractivity contribution in [3.05, 3.63) is 6.33 Å². The molecular weight excluding hydrogens is 635 g/mol. The van der Waals surface area contributed by atoms with E-state index in [-0.39, 0.29) is 49.5 Å². The summed E-state index contributed by atoms with van der Waals surface area (Å²) in [5, 5.41) is 28.3. The number of hydrogen-bond donors (Lipinski definition) is 5. The van der Waals surface area contributed by atoms with Crippen molar-refractivity contribution in [3.8, 4) is 0 Å². The van der Waals surface area contributed by atoms with Crippen LogP contribution in [-0.2, 0) is 32.9 Å². The monoisotopic (exact) mass is 686 g/mol. The van der Waals surface area contributed by atoms with Gasteiger partial charge in [0.25, 0.3) is 0 Å². The topological polar surface area (TPSA) is 226 Å². The Bertz CT molecular complexity index is 1380. The van der Waals surface area contributed by atoms with E-state index in [1.807, 2.05) is 27.7 Å². The van der Waals surface area contributed by atoms with Crippen LogP contribution in [0.2, 0.25) is 0 Å². The number of carbonyl (C=O) groups excluding carboxylic acids is 2. The van der Waals surface area contributed by atoms with E-state index in [2.05, 4.69) is 25.1 Å². The molecule has 3 heterocycles. The Balaban J connectivity index is 1.95. The molecule has 1 fully saturated rings. The summed E-state index contributed by atoms with van der Waals surface area (Å²) < 4.78 is 38.5. The number of nitrogens with zero attached hydrogens (tertiary/aromatic N) is 5. The lowest BCUT2D eigenvalue weighted by Crippen LogP contribution is -2.47. The Morgan fingerprint density at radius 3 is 2.09 bits per heavy atom. The summed E-state index contributed by atoms with van der Waals surface area (Å²) in [4.78, 5) is 40.4. The molecule has 47 heavy (non-hydrogen) atoms. The lowest BCUT2D eigenvalue weighted by Gasteiger charge is -2.30. The second kappa shape index (κ2) is 16.0. The number of fused-ring (bicyclic) bond motifs is 1. The molecule has 0 spiro atoms. The van der Waals surface area contributed by atoms with Gasteiger partial charge in [0.2, 0.25) is 5.95 Å². The minimum atomic E-state index is -4.30. The Morgan fingerprint density at radius 2 is 1.62 bits per heavy atom. The summed E-state index contributed by atoms with van der Waals surface area (Å²) >= 11 is 0. The quantitative estimate of drug-likeness (QED) is 0.118. The maximum Gasteiger partial charge on any atom is 0.342 e. The minimum Gasteiger partial charge on any atom is -0.465 e. The fraction of sp³-hybridized carbons (Fsp3) is 0.759. The predicted octanol–water partition coefficient (Wildman–Crippen LogP) is 1.74. The van der Waals surface area contributed by atoms with Crippen molar-refractivity contribution in [2.24, 2.45) is 11.8 Å². The summed E-state index contributed by atoms with van der Waals surface area (Å²) in [7, 11) is -0.769. The third-order valence-electron chi connectivity index (χ3n) is 7.48. The zero-order valence-electron chi connectivity index (χ0n) is 28.7. The second-order valence-electron chi connectivity index (χ2n) is 12.8. The largest absolute Gasteiger partial charge is 0.465 e. The third kappa shape index (κ3) is 9.37. The number of carbonyl (C=O) groups is 2. The Labute approximate surface area is 275 Å². The van der Waals surface area contributed by atoms with Crippen molar-refractivity contribution in [2.45, 2.75) is 97.4 Å². The molecular formula is C29H51N8O9P. The molecule has 0 aromatic carbocycles. The molecule has 0 aliphatic carbocycles. The number of esters is 2. The Morgan fingerprint density at radius 1 is 1.09 bits per heavy atom. The standard InChI is InChI=1S/C29H51N8O9P/c1-10-43-25(39)18(12-16(3)4)34-47(42,35-19(13-17(5)6)26(40)44-11-2)45-14-20-22(38)29(7,41)27(46-20)37-15-31-21-23(36(8)9)32-28(30)33-24(21)37/h15-20,22,27,38,41H,10-14H2,1-9H3,(H2,30,32,33)(H2,34,35,42)/t18-,19-,20+,22?,27+,29-/m0/s1. The van der Waals surface area contributed by atoms with Crippen LogP contribution in [-0.4, -0.2) is 105 Å². The fourth-order valence-electron chi connectivity index (χ4n) is 5.31. The normalized spacial score (nSPS) is 23.0. The lowest BCUT2D eigenvalue weighted by molar-refractivity contribution is -0.146. The first-order valence-corrected chi connectivity index (χ1v) is 17.4. The van der Waals surface area contributed by atoms with Gasteiger partial charge in [0, 0.05) is 14.1 Å². The molecule has 1 saturated heterocycles. The average Bonchev–Trinajstić information content (AvgIpc) is 3.47. The van der Waals surface area contributed by atoms with Gasteiger partial charge in [-0.15, -0.1) is 0 Å². The predicted molar refractivity (Wildman–Crippen MR) is 174 cm³/mol. The van der Waals surface area contributed by atoms with Gasteiger partial charge in [0.15, 0.2) is 23.2 Å². The van der Waals surface area contributed by atoms with Gasteiger partial charge in [0.1, 0.15) is 29.9 Å². The van der Waals surface area contributed by atoms with E-state index in [9.17, 15) is 24.4 Å². The van der Waals surface area contributed by atoms with Crippen LogP contribution < -0.4 is 20.8 Å². The average molecular weight is 687 g/mol. The third-order valence-corrected chi connectivity index (χ3v) is 9.30. The Hall–Kier alpha value is -2.92. The van der Waals surface area contributed by atoms with E-state index in [0.717, 1.165) is 0 Å². The van der Waals surface area contributed by atoms with Crippen LogP contribution >= 0.6 is 7.67 Å². The van der Waals surface area contributed by atoms with Gasteiger partial charge in [0.05, 0.1) is 26.1 Å². The molecule has 1 aliphatic rings. The van der Waals surface area contributed by atoms with Gasteiger partial charge in [-0.3, -0.25) is 18.7 Å². The van der Waals surface area contributed by atoms with Gasteiger partial charge < -0.3 is 39.6 Å². The summed E-state index contributed by atoms with van der Waals surface area (Å²) in [6, 6.07) is -2.12. The summed E-state index contributed by atoms with van der Waals surface area (Å²) in [5.74, 6) is -0.892. The lowest BCUT2D eigenvalue weighted by atomic mass is 9.96. The summed E-state index contributed by atoms with van der Waals surface area (Å²) in [6.45, 7) is 11.9. The molecule has 18 heteroatoms. The number of hydrogen-bond acceptors (Lipinski definition) is 14. The number of imidazole rings is 1. The number of nitrogen functional groups attached to an aromatic ring is 1. The molecule has 17 nitrogen and oxygen atoms in total. The number of ether oxygens (including phenoxy) is 3. The molecule has 2 aromatic rings. The number of nitrogens with two attached hydrogens (primary N) is 1. The Kier molecular flexibility index (Phi) is 13.1. The molecule has 2 aromatic heterocycles. The highest BCUT2D eigenvalue weighted by atomic mass is 31.2. The first-order chi connectivity index (χ1) is 21.9. The molecule has 1 aliphatic heterocycles. The fourth-order valence-corrected chi connectivity index (χ4v) is 7.13. The maximum atomic E-state index is 14.6. The number of aliphatic hydroxyl groups excluding tert-OH is 1. The molecule has 3 rings (SSSR count). The van der Waals surface area contributed by atoms with E-state index >= 15 is 0 Å². The summed E-state index contributed by atoms with van der Waals surface area (Å²) in [6.07, 6.45) is -2.11. The van der Waals surface area contributed by atoms with Crippen molar-refractivity contribution >= 4 is 42.5 Å². The number of rotatable bonds is 17. The second-order valence-corrected chi connectivity index (χ2v) is 14.7. The smallest absolute Gasteiger partial charge is 0.342 e. The SMILES string of the molecule is CCOC(=O)[C@H](CC(C)C)NP(=O)(N[C@@H](CC(C)C)C(=O)OCC)OC[C@H]1O[C@@H](n2cnc3c(N(C)C)nc(N)nc32)[C@@](C)(O)C1O. The molecule has 266 valence electrons. The summed E-state index contributed by atoms with van der Waals surface area (Å²) in [5.41, 5.74) is 4.70. The number of aromatic nitrogens is 4. The van der Waals surface area contributed by atoms with Crippen LogP contribution in [0.5, 0.6) is 0 Å². The van der Waals surface area contributed by atoms with E-state index in [0.29, 0.717) is 11.3 Å². The number of nitrogens with one attached hydrogen (secondary N) is 2. The molecule has 6 N–H and O–H groups in total. The van der Waals surface area contributed by atoms with Crippen molar-refractivity contribution in [1.82, 2.24) is 29.7 Å². The zero-order valence-corrected chi connectivity index (χ0v) is 29.6. The van der Waals surface area contributed by atoms with Crippen molar-refractivity contribution in [3.63, 3.8) is 0 Å². The maximum absolute atomic E-state index is 14.6. The first-order valence-electron chi connectivity index (χ1n) is 15.8. The van der Waals surface area contributed by atoms with Crippen LogP contribution in [0.15, 0.2) is 6.33 Å². The van der Waals surface area contributed by atoms with Crippen LogP contribution in [0.1, 0.15) is 67.5 Å². The van der Waals surface area contributed by atoms with Gasteiger partial charge in [-0.1, -0.05) is 27.7 Å². The van der Waals surface area contributed by atoms with Crippen molar-refractivity contribution in [2.75, 3.05) is 44.5 Å². The molecule has 0 bridgehead atoms. The van der Waals surface area contributed by atoms with Gasteiger partial charge in [-0.2, -0.15) is 9.97 Å². The van der Waals surface area contributed by atoms with Crippen LogP contribution in [0.4, 0.5) is 11.8 Å². The highest BCUT2D eigenvalue weighted by Crippen LogP contribution is 2.45. The van der Waals surface area contributed by atoms with Crippen molar-refractivity contribution in [1.29, 1.82) is 0 Å². The van der Waals surface area contributed by atoms with E-state index in [1.54, 1.807) is 32.8 Å². The molecule has 0 radical (unpaired) electrons. The minimum absolute atomic E-state index is 0.00595. The van der Waals surface area contributed by atoms with Crippen LogP contribution in [0.3, 0.4) is 0 Å². The van der Waals surface area contributed by atoms with Crippen LogP contribution in [0.25, 0.3) is 11.2 Å². The van der Waals surface area contributed by atoms with Gasteiger partial charge in [-0.25, -0.2) is 15.2 Å². The first kappa shape index (κ1) is 38.5. The molecule has 6 atom stereocenters. The van der Waals surface area contributed by atoms with Crippen molar-refractivity contribution < 1.29 is 43.1 Å². The highest BCUT2D eigenvalue weighted by molar-refractivity contribution is 7.54. The van der Waals surface area contributed by atoms with E-state index < -0.39 is 62.3 Å². The van der Waals surface area contributed by atoms with E-state index in [4.69, 9.17) is 24.5 Å². The van der Waals surface area contributed by atoms with Gasteiger partial charge in [-0.05, 0) is 45.4 Å². The zero-order chi connectivity index (χ0) is 35.3.